The molecule has 0 bridgehead atoms. The predicted octanol–water partition coefficient (Wildman–Crippen LogP) is 1.67. The van der Waals surface area contributed by atoms with Crippen molar-refractivity contribution in [3.05, 3.63) is 0 Å². The third-order valence-corrected chi connectivity index (χ3v) is 7.42. The van der Waals surface area contributed by atoms with E-state index in [9.17, 15) is 8.42 Å². The Balaban J connectivity index is 1.53. The van der Waals surface area contributed by atoms with Crippen molar-refractivity contribution in [2.75, 3.05) is 23.8 Å². The Hall–Kier alpha value is -0.230. The molecule has 3 aliphatic rings. The molecule has 2 heterocycles. The molecule has 1 saturated carbocycles. The summed E-state index contributed by atoms with van der Waals surface area (Å²) in [6.45, 7) is 0.673. The zero-order valence-electron chi connectivity index (χ0n) is 11.2. The Labute approximate surface area is 119 Å². The summed E-state index contributed by atoms with van der Waals surface area (Å²) >= 11 is 1.82. The monoisotopic (exact) mass is 302 g/mol. The van der Waals surface area contributed by atoms with Gasteiger partial charge in [-0.05, 0) is 31.1 Å². The Morgan fingerprint density at radius 2 is 2.11 bits per heavy atom. The molecule has 1 N–H and O–H groups in total. The zero-order chi connectivity index (χ0) is 13.3. The van der Waals surface area contributed by atoms with Crippen LogP contribution >= 0.6 is 11.8 Å². The van der Waals surface area contributed by atoms with Gasteiger partial charge in [0.2, 0.25) is 0 Å². The molecule has 6 heteroatoms. The van der Waals surface area contributed by atoms with E-state index in [1.807, 2.05) is 11.8 Å². The summed E-state index contributed by atoms with van der Waals surface area (Å²) in [7, 11) is -2.76. The van der Waals surface area contributed by atoms with E-state index in [0.29, 0.717) is 24.1 Å². The number of nitrogens with zero attached hydrogens (tertiary/aromatic N) is 1. The van der Waals surface area contributed by atoms with Crippen LogP contribution in [0.1, 0.15) is 32.1 Å². The van der Waals surface area contributed by atoms with Gasteiger partial charge in [-0.25, -0.2) is 8.42 Å². The van der Waals surface area contributed by atoms with Gasteiger partial charge in [0.05, 0.1) is 11.5 Å². The summed E-state index contributed by atoms with van der Waals surface area (Å²) in [6.07, 6.45) is 6.10. The summed E-state index contributed by atoms with van der Waals surface area (Å²) in [5, 5.41) is 4.61. The average molecular weight is 302 g/mol. The van der Waals surface area contributed by atoms with Crippen LogP contribution in [0, 0.1) is 11.8 Å². The number of nitrogens with one attached hydrogen (secondary N) is 1. The fraction of sp³-hybridized carbons (Fsp3) is 0.923. The average Bonchev–Trinajstić information content (AvgIpc) is 2.76. The van der Waals surface area contributed by atoms with Crippen LogP contribution < -0.4 is 5.32 Å². The molecule has 108 valence electrons. The van der Waals surface area contributed by atoms with Gasteiger partial charge in [-0.2, -0.15) is 0 Å². The standard InChI is InChI=1S/C13H22N2O2S2/c16-19(17)6-5-10(9-19)7-14-13-15-12-4-2-1-3-11(12)8-18-13/h10-12H,1-9H2,(H,14,15). The van der Waals surface area contributed by atoms with E-state index < -0.39 is 9.84 Å². The van der Waals surface area contributed by atoms with Crippen LogP contribution in [-0.4, -0.2) is 43.4 Å². The van der Waals surface area contributed by atoms with Crippen molar-refractivity contribution in [2.45, 2.75) is 38.1 Å². The lowest BCUT2D eigenvalue weighted by atomic mass is 9.86. The highest BCUT2D eigenvalue weighted by Gasteiger charge is 2.31. The molecule has 19 heavy (non-hydrogen) atoms. The lowest BCUT2D eigenvalue weighted by Crippen LogP contribution is -2.46. The Morgan fingerprint density at radius 3 is 2.89 bits per heavy atom. The number of rotatable bonds is 2. The van der Waals surface area contributed by atoms with Crippen LogP contribution in [0.25, 0.3) is 0 Å². The number of sulfone groups is 1. The molecule has 0 aromatic carbocycles. The van der Waals surface area contributed by atoms with Gasteiger partial charge in [0, 0.05) is 18.3 Å². The molecule has 0 amide bonds. The Bertz CT molecular complexity index is 461. The maximum atomic E-state index is 11.4. The molecule has 0 aromatic rings. The SMILES string of the molecule is O=S1(=O)CCC(CN=C2NC3CCCCC3CS2)C1. The normalized spacial score (nSPS) is 39.8. The summed E-state index contributed by atoms with van der Waals surface area (Å²) in [5.74, 6) is 2.92. The lowest BCUT2D eigenvalue weighted by molar-refractivity contribution is 0.311. The van der Waals surface area contributed by atoms with E-state index >= 15 is 0 Å². The molecule has 0 spiro atoms. The minimum atomic E-state index is -2.76. The summed E-state index contributed by atoms with van der Waals surface area (Å²) in [4.78, 5) is 4.63. The zero-order valence-corrected chi connectivity index (χ0v) is 12.8. The van der Waals surface area contributed by atoms with Crippen molar-refractivity contribution in [2.24, 2.45) is 16.8 Å². The minimum absolute atomic E-state index is 0.240. The fourth-order valence-corrected chi connectivity index (χ4v) is 6.32. The second-order valence-corrected chi connectivity index (χ2v) is 9.26. The van der Waals surface area contributed by atoms with Gasteiger partial charge in [0.15, 0.2) is 15.0 Å². The molecular weight excluding hydrogens is 280 g/mol. The summed E-state index contributed by atoms with van der Waals surface area (Å²) in [5.41, 5.74) is 0. The number of aliphatic imine (C=N–C) groups is 1. The van der Waals surface area contributed by atoms with Gasteiger partial charge in [0.25, 0.3) is 0 Å². The van der Waals surface area contributed by atoms with Gasteiger partial charge >= 0.3 is 0 Å². The smallest absolute Gasteiger partial charge is 0.156 e. The van der Waals surface area contributed by atoms with E-state index in [2.05, 4.69) is 10.3 Å². The van der Waals surface area contributed by atoms with Gasteiger partial charge in [-0.15, -0.1) is 0 Å². The number of hydrogen-bond acceptors (Lipinski definition) is 4. The van der Waals surface area contributed by atoms with E-state index in [1.54, 1.807) is 0 Å². The van der Waals surface area contributed by atoms with Crippen molar-refractivity contribution in [3.8, 4) is 0 Å². The highest BCUT2D eigenvalue weighted by Crippen LogP contribution is 2.31. The molecule has 3 rings (SSSR count). The van der Waals surface area contributed by atoms with E-state index in [0.717, 1.165) is 17.5 Å². The van der Waals surface area contributed by atoms with Crippen LogP contribution in [0.3, 0.4) is 0 Å². The first-order valence-corrected chi connectivity index (χ1v) is 10.1. The second kappa shape index (κ2) is 5.64. The van der Waals surface area contributed by atoms with E-state index in [1.165, 1.54) is 31.4 Å². The largest absolute Gasteiger partial charge is 0.362 e. The first-order chi connectivity index (χ1) is 9.12. The van der Waals surface area contributed by atoms with Crippen molar-refractivity contribution in [1.82, 2.24) is 5.32 Å². The van der Waals surface area contributed by atoms with Crippen LogP contribution in [-0.2, 0) is 9.84 Å². The quantitative estimate of drug-likeness (QED) is 0.843. The second-order valence-electron chi connectivity index (χ2n) is 6.02. The highest BCUT2D eigenvalue weighted by molar-refractivity contribution is 8.13. The van der Waals surface area contributed by atoms with E-state index in [-0.39, 0.29) is 5.92 Å². The highest BCUT2D eigenvalue weighted by atomic mass is 32.2. The molecule has 0 radical (unpaired) electrons. The maximum absolute atomic E-state index is 11.4. The third kappa shape index (κ3) is 3.45. The van der Waals surface area contributed by atoms with Crippen molar-refractivity contribution >= 4 is 26.8 Å². The molecule has 1 aliphatic carbocycles. The Morgan fingerprint density at radius 1 is 1.26 bits per heavy atom. The Kier molecular flexibility index (Phi) is 4.08. The molecule has 2 aliphatic heterocycles. The van der Waals surface area contributed by atoms with E-state index in [4.69, 9.17) is 0 Å². The van der Waals surface area contributed by atoms with Crippen molar-refractivity contribution in [3.63, 3.8) is 0 Å². The van der Waals surface area contributed by atoms with Crippen molar-refractivity contribution in [1.29, 1.82) is 0 Å². The predicted molar refractivity (Wildman–Crippen MR) is 80.4 cm³/mol. The molecule has 3 fully saturated rings. The molecular formula is C13H22N2O2S2. The molecule has 2 saturated heterocycles. The van der Waals surface area contributed by atoms with Crippen LogP contribution in [0.4, 0.5) is 0 Å². The molecule has 3 unspecified atom stereocenters. The van der Waals surface area contributed by atoms with Crippen LogP contribution in [0.2, 0.25) is 0 Å². The summed E-state index contributed by atoms with van der Waals surface area (Å²) in [6, 6.07) is 0.612. The molecule has 4 nitrogen and oxygen atoms in total. The van der Waals surface area contributed by atoms with Gasteiger partial charge in [-0.3, -0.25) is 4.99 Å². The van der Waals surface area contributed by atoms with Gasteiger partial charge in [0.1, 0.15) is 0 Å². The molecule has 3 atom stereocenters. The van der Waals surface area contributed by atoms with Crippen molar-refractivity contribution < 1.29 is 8.42 Å². The number of hydrogen-bond donors (Lipinski definition) is 1. The number of amidine groups is 1. The third-order valence-electron chi connectivity index (χ3n) is 4.47. The summed E-state index contributed by atoms with van der Waals surface area (Å²) < 4.78 is 22.8. The molecule has 0 aromatic heterocycles. The van der Waals surface area contributed by atoms with Crippen LogP contribution in [0.15, 0.2) is 4.99 Å². The first kappa shape index (κ1) is 13.7. The number of fused-ring (bicyclic) bond motifs is 1. The minimum Gasteiger partial charge on any atom is -0.362 e. The van der Waals surface area contributed by atoms with Gasteiger partial charge in [-0.1, -0.05) is 24.6 Å². The number of thioether (sulfide) groups is 1. The fourth-order valence-electron chi connectivity index (χ4n) is 3.30. The lowest BCUT2D eigenvalue weighted by Gasteiger charge is -2.36. The van der Waals surface area contributed by atoms with Crippen LogP contribution in [0.5, 0.6) is 0 Å². The first-order valence-electron chi connectivity index (χ1n) is 7.26. The van der Waals surface area contributed by atoms with Gasteiger partial charge < -0.3 is 5.32 Å². The topological polar surface area (TPSA) is 58.5 Å². The maximum Gasteiger partial charge on any atom is 0.156 e.